The van der Waals surface area contributed by atoms with Crippen LogP contribution < -0.4 is 0 Å². The summed E-state index contributed by atoms with van der Waals surface area (Å²) in [5.41, 5.74) is 0. The van der Waals surface area contributed by atoms with Crippen LogP contribution in [0.1, 0.15) is 6.92 Å². The molecule has 0 aliphatic carbocycles. The Balaban J connectivity index is 4.35. The van der Waals surface area contributed by atoms with E-state index in [1.54, 1.807) is 0 Å². The van der Waals surface area contributed by atoms with Crippen LogP contribution in [0.3, 0.4) is 0 Å². The number of rotatable bonds is 4. The van der Waals surface area contributed by atoms with Gasteiger partial charge in [0.1, 0.15) is 0 Å². The molecular formula is C6H11O6P. The van der Waals surface area contributed by atoms with Crippen molar-refractivity contribution in [2.24, 2.45) is 0 Å². The molecule has 2 unspecified atom stereocenters. The van der Waals surface area contributed by atoms with Gasteiger partial charge in [-0.2, -0.15) is 0 Å². The summed E-state index contributed by atoms with van der Waals surface area (Å²) >= 11 is 0. The van der Waals surface area contributed by atoms with E-state index in [1.807, 2.05) is 0 Å². The van der Waals surface area contributed by atoms with Crippen LogP contribution in [0.15, 0.2) is 0 Å². The predicted octanol–water partition coefficient (Wildman–Crippen LogP) is 0.806. The second-order valence-electron chi connectivity index (χ2n) is 2.09. The Morgan fingerprint density at radius 3 is 2.15 bits per heavy atom. The van der Waals surface area contributed by atoms with E-state index in [0.29, 0.717) is 0 Å². The van der Waals surface area contributed by atoms with Crippen LogP contribution in [-0.4, -0.2) is 32.0 Å². The van der Waals surface area contributed by atoms with Gasteiger partial charge in [0.25, 0.3) is 0 Å². The maximum absolute atomic E-state index is 11.0. The molecule has 0 N–H and O–H groups in total. The minimum absolute atomic E-state index is 0.545. The third-order valence-corrected chi connectivity index (χ3v) is 2.52. The van der Waals surface area contributed by atoms with Gasteiger partial charge in [-0.1, -0.05) is 0 Å². The molecule has 0 bridgehead atoms. The molecule has 0 aliphatic heterocycles. The third-order valence-electron chi connectivity index (χ3n) is 1.17. The van der Waals surface area contributed by atoms with Crippen molar-refractivity contribution < 1.29 is 28.2 Å². The summed E-state index contributed by atoms with van der Waals surface area (Å²) < 4.78 is 24.0. The lowest BCUT2D eigenvalue weighted by atomic mass is 10.5. The first-order chi connectivity index (χ1) is 6.02. The van der Waals surface area contributed by atoms with Crippen LogP contribution >= 0.6 is 8.03 Å². The maximum Gasteiger partial charge on any atom is 0.509 e. The number of Topliss-reactive ketones (excluding diaryl/α,β-unsaturated/α-hetero) is 1. The van der Waals surface area contributed by atoms with Crippen molar-refractivity contribution in [1.82, 2.24) is 0 Å². The number of ether oxygens (including phenoxy) is 2. The Morgan fingerprint density at radius 2 is 1.85 bits per heavy atom. The smallest absolute Gasteiger partial charge is 0.438 e. The molecule has 7 heteroatoms. The standard InChI is InChI=1S/C6H11O6P/c1-4(7)5(13(9)11-3)12-6(8)10-2/h5,13H,1-3H3. The molecule has 0 aliphatic rings. The molecule has 0 saturated heterocycles. The van der Waals surface area contributed by atoms with Gasteiger partial charge in [0.15, 0.2) is 5.78 Å². The van der Waals surface area contributed by atoms with Crippen molar-refractivity contribution in [3.05, 3.63) is 0 Å². The molecule has 6 nitrogen and oxygen atoms in total. The summed E-state index contributed by atoms with van der Waals surface area (Å²) in [5.74, 6) is -1.90. The molecule has 0 saturated carbocycles. The van der Waals surface area contributed by atoms with Crippen molar-refractivity contribution >= 4 is 20.0 Å². The molecular weight excluding hydrogens is 199 g/mol. The zero-order chi connectivity index (χ0) is 10.4. The Hall–Kier alpha value is -0.870. The minimum Gasteiger partial charge on any atom is -0.438 e. The monoisotopic (exact) mass is 210 g/mol. The van der Waals surface area contributed by atoms with E-state index in [0.717, 1.165) is 21.1 Å². The van der Waals surface area contributed by atoms with Crippen LogP contribution in [0, 0.1) is 0 Å². The largest absolute Gasteiger partial charge is 0.509 e. The van der Waals surface area contributed by atoms with Crippen molar-refractivity contribution in [2.75, 3.05) is 14.2 Å². The van der Waals surface area contributed by atoms with E-state index in [-0.39, 0.29) is 0 Å². The Bertz CT molecular complexity index is 225. The number of hydrogen-bond donors (Lipinski definition) is 0. The molecule has 2 atom stereocenters. The van der Waals surface area contributed by atoms with Gasteiger partial charge in [0, 0.05) is 7.11 Å². The SMILES string of the molecule is COC(=O)OC(C(C)=O)[PH](=O)OC. The zero-order valence-corrected chi connectivity index (χ0v) is 8.53. The predicted molar refractivity (Wildman–Crippen MR) is 44.0 cm³/mol. The average Bonchev–Trinajstić information content (AvgIpc) is 2.11. The first-order valence-electron chi connectivity index (χ1n) is 3.35. The lowest BCUT2D eigenvalue weighted by Crippen LogP contribution is -2.22. The summed E-state index contributed by atoms with van der Waals surface area (Å²) in [4.78, 5) is 21.4. The fourth-order valence-corrected chi connectivity index (χ4v) is 1.29. The van der Waals surface area contributed by atoms with E-state index >= 15 is 0 Å². The molecule has 0 amide bonds. The number of ketones is 1. The van der Waals surface area contributed by atoms with Crippen LogP contribution in [0.5, 0.6) is 0 Å². The lowest BCUT2D eigenvalue weighted by molar-refractivity contribution is -0.122. The van der Waals surface area contributed by atoms with E-state index in [2.05, 4.69) is 14.0 Å². The van der Waals surface area contributed by atoms with Gasteiger partial charge in [0.2, 0.25) is 13.9 Å². The Kier molecular flexibility index (Phi) is 5.34. The van der Waals surface area contributed by atoms with E-state index in [9.17, 15) is 14.2 Å². The van der Waals surface area contributed by atoms with Crippen LogP contribution in [0.25, 0.3) is 0 Å². The van der Waals surface area contributed by atoms with Gasteiger partial charge in [-0.3, -0.25) is 9.36 Å². The number of carbonyl (C=O) groups excluding carboxylic acids is 2. The van der Waals surface area contributed by atoms with Crippen molar-refractivity contribution in [3.8, 4) is 0 Å². The Morgan fingerprint density at radius 1 is 1.31 bits per heavy atom. The average molecular weight is 210 g/mol. The molecule has 0 fully saturated rings. The molecule has 0 rings (SSSR count). The highest BCUT2D eigenvalue weighted by molar-refractivity contribution is 7.41. The quantitative estimate of drug-likeness (QED) is 0.504. The summed E-state index contributed by atoms with van der Waals surface area (Å²) in [6, 6.07) is 0. The van der Waals surface area contributed by atoms with Gasteiger partial charge in [0.05, 0.1) is 7.11 Å². The van der Waals surface area contributed by atoms with Gasteiger partial charge >= 0.3 is 6.16 Å². The molecule has 0 aromatic rings. The molecule has 76 valence electrons. The van der Waals surface area contributed by atoms with Crippen LogP contribution in [0.2, 0.25) is 0 Å². The second kappa shape index (κ2) is 5.72. The number of hydrogen-bond acceptors (Lipinski definition) is 6. The van der Waals surface area contributed by atoms with E-state index in [4.69, 9.17) is 0 Å². The molecule has 0 heterocycles. The molecule has 0 spiro atoms. The normalized spacial score (nSPS) is 14.4. The van der Waals surface area contributed by atoms with Crippen molar-refractivity contribution in [3.63, 3.8) is 0 Å². The van der Waals surface area contributed by atoms with E-state index < -0.39 is 25.8 Å². The summed E-state index contributed by atoms with van der Waals surface area (Å²) in [7, 11) is -0.443. The molecule has 13 heavy (non-hydrogen) atoms. The number of carbonyl (C=O) groups is 2. The maximum atomic E-state index is 11.0. The van der Waals surface area contributed by atoms with Gasteiger partial charge in [-0.05, 0) is 6.92 Å². The van der Waals surface area contributed by atoms with E-state index in [1.165, 1.54) is 0 Å². The first-order valence-corrected chi connectivity index (χ1v) is 4.75. The molecule has 0 aromatic carbocycles. The zero-order valence-electron chi connectivity index (χ0n) is 7.53. The topological polar surface area (TPSA) is 78.9 Å². The summed E-state index contributed by atoms with van der Waals surface area (Å²) in [5, 5.41) is 0. The fraction of sp³-hybridized carbons (Fsp3) is 0.667. The fourth-order valence-electron chi connectivity index (χ4n) is 0.548. The van der Waals surface area contributed by atoms with Gasteiger partial charge < -0.3 is 14.0 Å². The first kappa shape index (κ1) is 12.1. The highest BCUT2D eigenvalue weighted by Gasteiger charge is 2.26. The number of methoxy groups -OCH3 is 1. The lowest BCUT2D eigenvalue weighted by Gasteiger charge is -2.11. The molecule has 0 radical (unpaired) electrons. The second-order valence-corrected chi connectivity index (χ2v) is 3.66. The summed E-state index contributed by atoms with van der Waals surface area (Å²) in [6.07, 6.45) is -1.06. The molecule has 0 aromatic heterocycles. The summed E-state index contributed by atoms with van der Waals surface area (Å²) in [6.45, 7) is 1.15. The minimum atomic E-state index is -2.69. The van der Waals surface area contributed by atoms with Crippen LogP contribution in [0.4, 0.5) is 4.79 Å². The van der Waals surface area contributed by atoms with Crippen molar-refractivity contribution in [1.29, 1.82) is 0 Å². The van der Waals surface area contributed by atoms with Crippen molar-refractivity contribution in [2.45, 2.75) is 12.8 Å². The third kappa shape index (κ3) is 4.05. The van der Waals surface area contributed by atoms with Crippen LogP contribution in [-0.2, 0) is 23.4 Å². The van der Waals surface area contributed by atoms with Gasteiger partial charge in [-0.15, -0.1) is 0 Å². The van der Waals surface area contributed by atoms with Gasteiger partial charge in [-0.25, -0.2) is 4.79 Å². The highest BCUT2D eigenvalue weighted by atomic mass is 31.1. The highest BCUT2D eigenvalue weighted by Crippen LogP contribution is 2.29. The Labute approximate surface area is 76.0 Å².